The maximum Gasteiger partial charge on any atom is 0.0323 e. The lowest BCUT2D eigenvalue weighted by atomic mass is 9.68. The van der Waals surface area contributed by atoms with Gasteiger partial charge < -0.3 is 0 Å². The van der Waals surface area contributed by atoms with Crippen molar-refractivity contribution >= 4 is 31.9 Å². The second kappa shape index (κ2) is 4.71. The van der Waals surface area contributed by atoms with Crippen molar-refractivity contribution in [2.45, 2.75) is 37.5 Å². The Kier molecular flexibility index (Phi) is 3.08. The van der Waals surface area contributed by atoms with E-state index in [2.05, 4.69) is 68.3 Å². The molecule has 2 aromatic rings. The van der Waals surface area contributed by atoms with Crippen molar-refractivity contribution in [3.8, 4) is 11.1 Å². The Morgan fingerprint density at radius 2 is 1.45 bits per heavy atom. The molecule has 1 fully saturated rings. The zero-order valence-corrected chi connectivity index (χ0v) is 14.4. The van der Waals surface area contributed by atoms with Crippen LogP contribution < -0.4 is 0 Å². The fourth-order valence-corrected chi connectivity index (χ4v) is 4.83. The third-order valence-electron chi connectivity index (χ3n) is 5.02. The molecule has 0 nitrogen and oxygen atoms in total. The van der Waals surface area contributed by atoms with Gasteiger partial charge in [-0.25, -0.2) is 0 Å². The van der Waals surface area contributed by atoms with Gasteiger partial charge in [-0.3, -0.25) is 0 Å². The molecule has 0 radical (unpaired) electrons. The topological polar surface area (TPSA) is 0 Å². The average Bonchev–Trinajstić information content (AvgIpc) is 2.72. The molecule has 2 aliphatic rings. The summed E-state index contributed by atoms with van der Waals surface area (Å²) >= 11 is 7.36. The Bertz CT molecular complexity index is 682. The molecule has 2 aromatic carbocycles. The van der Waals surface area contributed by atoms with Gasteiger partial charge in [0.25, 0.3) is 0 Å². The highest BCUT2D eigenvalue weighted by atomic mass is 79.9. The van der Waals surface area contributed by atoms with Crippen molar-refractivity contribution in [1.29, 1.82) is 0 Å². The standard InChI is InChI=1S/C18H16Br2/c19-16-10-13-12-6-2-3-7-14(12)18(8-4-1-5-9-18)15(13)11-17(16)20/h2-3,6-7,10-11H,1,4-5,8-9H2. The minimum atomic E-state index is 0.271. The summed E-state index contributed by atoms with van der Waals surface area (Å²) in [4.78, 5) is 0. The molecule has 2 heteroatoms. The van der Waals surface area contributed by atoms with Gasteiger partial charge in [0, 0.05) is 14.4 Å². The van der Waals surface area contributed by atoms with Crippen molar-refractivity contribution in [2.24, 2.45) is 0 Å². The molecule has 0 unspecified atom stereocenters. The van der Waals surface area contributed by atoms with Gasteiger partial charge in [-0.05, 0) is 79.1 Å². The van der Waals surface area contributed by atoms with Gasteiger partial charge in [0.2, 0.25) is 0 Å². The van der Waals surface area contributed by atoms with Crippen molar-refractivity contribution in [3.63, 3.8) is 0 Å². The Labute approximate surface area is 136 Å². The van der Waals surface area contributed by atoms with Crippen LogP contribution in [0.3, 0.4) is 0 Å². The van der Waals surface area contributed by atoms with Crippen LogP contribution in [0.5, 0.6) is 0 Å². The van der Waals surface area contributed by atoms with Crippen LogP contribution in [-0.4, -0.2) is 0 Å². The van der Waals surface area contributed by atoms with Gasteiger partial charge in [0.15, 0.2) is 0 Å². The molecule has 0 atom stereocenters. The monoisotopic (exact) mass is 390 g/mol. The average molecular weight is 392 g/mol. The van der Waals surface area contributed by atoms with Crippen LogP contribution in [0.1, 0.15) is 43.2 Å². The lowest BCUT2D eigenvalue weighted by Gasteiger charge is -2.36. The summed E-state index contributed by atoms with van der Waals surface area (Å²) in [5.41, 5.74) is 6.23. The van der Waals surface area contributed by atoms with Gasteiger partial charge in [0.1, 0.15) is 0 Å². The molecule has 0 N–H and O–H groups in total. The molecular weight excluding hydrogens is 376 g/mol. The molecule has 0 amide bonds. The van der Waals surface area contributed by atoms with Crippen LogP contribution in [0, 0.1) is 0 Å². The van der Waals surface area contributed by atoms with Gasteiger partial charge in [-0.2, -0.15) is 0 Å². The lowest BCUT2D eigenvalue weighted by Crippen LogP contribution is -2.28. The zero-order chi connectivity index (χ0) is 13.7. The Balaban J connectivity index is 2.04. The molecular formula is C18H16Br2. The molecule has 2 aliphatic carbocycles. The van der Waals surface area contributed by atoms with Crippen LogP contribution in [0.4, 0.5) is 0 Å². The highest BCUT2D eigenvalue weighted by Gasteiger charge is 2.43. The number of hydrogen-bond acceptors (Lipinski definition) is 0. The summed E-state index contributed by atoms with van der Waals surface area (Å²) < 4.78 is 2.33. The summed E-state index contributed by atoms with van der Waals surface area (Å²) in [6.45, 7) is 0. The van der Waals surface area contributed by atoms with Crippen LogP contribution in [0.2, 0.25) is 0 Å². The van der Waals surface area contributed by atoms with Crippen molar-refractivity contribution in [2.75, 3.05) is 0 Å². The summed E-state index contributed by atoms with van der Waals surface area (Å²) in [6.07, 6.45) is 6.68. The molecule has 1 spiro atoms. The number of fused-ring (bicyclic) bond motifs is 5. The second-order valence-corrected chi connectivity index (χ2v) is 7.71. The molecule has 20 heavy (non-hydrogen) atoms. The van der Waals surface area contributed by atoms with Crippen molar-refractivity contribution in [1.82, 2.24) is 0 Å². The van der Waals surface area contributed by atoms with Crippen LogP contribution in [-0.2, 0) is 5.41 Å². The molecule has 4 rings (SSSR count). The first-order chi connectivity index (χ1) is 9.72. The van der Waals surface area contributed by atoms with E-state index in [0.29, 0.717) is 0 Å². The normalized spacial score (nSPS) is 18.9. The maximum atomic E-state index is 3.70. The highest BCUT2D eigenvalue weighted by Crippen LogP contribution is 2.56. The minimum absolute atomic E-state index is 0.271. The third kappa shape index (κ3) is 1.70. The van der Waals surface area contributed by atoms with Crippen LogP contribution in [0.25, 0.3) is 11.1 Å². The number of benzene rings is 2. The summed E-state index contributed by atoms with van der Waals surface area (Å²) in [7, 11) is 0. The smallest absolute Gasteiger partial charge is 0.0323 e. The van der Waals surface area contributed by atoms with Gasteiger partial charge in [-0.1, -0.05) is 43.5 Å². The molecule has 0 heterocycles. The number of rotatable bonds is 0. The van der Waals surface area contributed by atoms with E-state index in [4.69, 9.17) is 0 Å². The SMILES string of the molecule is Brc1cc2c(cc1Br)C1(CCCCC1)c1ccccc1-2. The maximum absolute atomic E-state index is 3.70. The molecule has 102 valence electrons. The predicted octanol–water partition coefficient (Wildman–Crippen LogP) is 6.44. The summed E-state index contributed by atoms with van der Waals surface area (Å²) in [5, 5.41) is 0. The van der Waals surface area contributed by atoms with E-state index in [-0.39, 0.29) is 5.41 Å². The quantitative estimate of drug-likeness (QED) is 0.484. The Hall–Kier alpha value is -0.600. The lowest BCUT2D eigenvalue weighted by molar-refractivity contribution is 0.352. The van der Waals surface area contributed by atoms with E-state index >= 15 is 0 Å². The van der Waals surface area contributed by atoms with Gasteiger partial charge >= 0.3 is 0 Å². The number of hydrogen-bond donors (Lipinski definition) is 0. The first kappa shape index (κ1) is 13.1. The van der Waals surface area contributed by atoms with Gasteiger partial charge in [0.05, 0.1) is 0 Å². The molecule has 1 saturated carbocycles. The second-order valence-electron chi connectivity index (χ2n) is 6.00. The summed E-state index contributed by atoms with van der Waals surface area (Å²) in [5.74, 6) is 0. The van der Waals surface area contributed by atoms with Crippen LogP contribution in [0.15, 0.2) is 45.3 Å². The fourth-order valence-electron chi connectivity index (χ4n) is 4.14. The predicted molar refractivity (Wildman–Crippen MR) is 91.1 cm³/mol. The van der Waals surface area contributed by atoms with Crippen molar-refractivity contribution in [3.05, 3.63) is 56.5 Å². The largest absolute Gasteiger partial charge is 0.0619 e. The molecule has 0 bridgehead atoms. The van der Waals surface area contributed by atoms with E-state index in [9.17, 15) is 0 Å². The van der Waals surface area contributed by atoms with E-state index in [1.54, 1.807) is 5.56 Å². The zero-order valence-electron chi connectivity index (χ0n) is 11.3. The first-order valence-electron chi connectivity index (χ1n) is 7.32. The fraction of sp³-hybridized carbons (Fsp3) is 0.333. The van der Waals surface area contributed by atoms with Crippen molar-refractivity contribution < 1.29 is 0 Å². The number of halogens is 2. The van der Waals surface area contributed by atoms with E-state index < -0.39 is 0 Å². The third-order valence-corrected chi connectivity index (χ3v) is 6.86. The first-order valence-corrected chi connectivity index (χ1v) is 8.90. The van der Waals surface area contributed by atoms with Gasteiger partial charge in [-0.15, -0.1) is 0 Å². The minimum Gasteiger partial charge on any atom is -0.0619 e. The summed E-state index contributed by atoms with van der Waals surface area (Å²) in [6, 6.07) is 13.7. The Morgan fingerprint density at radius 1 is 0.750 bits per heavy atom. The van der Waals surface area contributed by atoms with E-state index in [1.165, 1.54) is 53.3 Å². The molecule has 0 aromatic heterocycles. The van der Waals surface area contributed by atoms with E-state index in [0.717, 1.165) is 4.47 Å². The van der Waals surface area contributed by atoms with Crippen LogP contribution >= 0.6 is 31.9 Å². The molecule has 0 aliphatic heterocycles. The Morgan fingerprint density at radius 3 is 2.25 bits per heavy atom. The van der Waals surface area contributed by atoms with E-state index in [1.807, 2.05) is 0 Å². The molecule has 0 saturated heterocycles. The highest BCUT2D eigenvalue weighted by molar-refractivity contribution is 9.13.